The Bertz CT molecular complexity index is 824. The van der Waals surface area contributed by atoms with Crippen molar-refractivity contribution in [1.29, 1.82) is 0 Å². The van der Waals surface area contributed by atoms with Crippen LogP contribution < -0.4 is 11.1 Å². The van der Waals surface area contributed by atoms with Gasteiger partial charge in [-0.3, -0.25) is 29.7 Å². The largest absolute Gasteiger partial charge is 0.399 e. The molecule has 0 bridgehead atoms. The second-order valence-electron chi connectivity index (χ2n) is 8.44. The van der Waals surface area contributed by atoms with Gasteiger partial charge < -0.3 is 10.6 Å². The lowest BCUT2D eigenvalue weighted by molar-refractivity contribution is -0.158. The molecule has 2 atom stereocenters. The number of anilines is 1. The normalized spacial score (nSPS) is 19.8. The third-order valence-corrected chi connectivity index (χ3v) is 6.20. The zero-order chi connectivity index (χ0) is 22.4. The molecule has 1 saturated carbocycles. The molecule has 1 saturated heterocycles. The van der Waals surface area contributed by atoms with Gasteiger partial charge in [0, 0.05) is 17.8 Å². The summed E-state index contributed by atoms with van der Waals surface area (Å²) in [5.74, 6) is -1.58. The lowest BCUT2D eigenvalue weighted by Gasteiger charge is -2.30. The smallest absolute Gasteiger partial charge is 0.257 e. The van der Waals surface area contributed by atoms with Gasteiger partial charge in [-0.25, -0.2) is 5.06 Å². The van der Waals surface area contributed by atoms with Crippen LogP contribution in [0, 0.1) is 11.8 Å². The van der Waals surface area contributed by atoms with E-state index in [-0.39, 0.29) is 24.4 Å². The van der Waals surface area contributed by atoms with Gasteiger partial charge >= 0.3 is 0 Å². The lowest BCUT2D eigenvalue weighted by atomic mass is 9.91. The van der Waals surface area contributed by atoms with Crippen LogP contribution in [-0.4, -0.2) is 58.4 Å². The van der Waals surface area contributed by atoms with E-state index in [9.17, 15) is 24.4 Å². The molecule has 1 aliphatic heterocycles. The number of likely N-dealkylation sites (tertiary alicyclic amines) is 1. The van der Waals surface area contributed by atoms with Crippen LogP contribution in [0.5, 0.6) is 0 Å². The third-order valence-electron chi connectivity index (χ3n) is 6.20. The molecule has 0 radical (unpaired) electrons. The number of hydrogen-bond donors (Lipinski definition) is 3. The molecule has 4 amide bonds. The number of nitrogen functional groups attached to an aromatic ring is 1. The summed E-state index contributed by atoms with van der Waals surface area (Å²) in [6.45, 7) is 0.295. The van der Waals surface area contributed by atoms with Crippen molar-refractivity contribution in [3.05, 3.63) is 29.8 Å². The van der Waals surface area contributed by atoms with Crippen molar-refractivity contribution in [3.63, 3.8) is 0 Å². The second kappa shape index (κ2) is 10.4. The molecule has 9 heteroatoms. The number of nitrogens with one attached hydrogen (secondary N) is 1. The molecule has 168 valence electrons. The fourth-order valence-corrected chi connectivity index (χ4v) is 4.66. The summed E-state index contributed by atoms with van der Waals surface area (Å²) in [6, 6.07) is 5.55. The van der Waals surface area contributed by atoms with Crippen LogP contribution in [0.25, 0.3) is 0 Å². The summed E-state index contributed by atoms with van der Waals surface area (Å²) in [7, 11) is 0. The molecule has 1 aliphatic carbocycles. The first-order valence-corrected chi connectivity index (χ1v) is 10.8. The Morgan fingerprint density at radius 1 is 1.23 bits per heavy atom. The number of hydrogen-bond acceptors (Lipinski definition) is 6. The van der Waals surface area contributed by atoms with Crippen LogP contribution >= 0.6 is 0 Å². The van der Waals surface area contributed by atoms with Crippen molar-refractivity contribution < 1.29 is 24.4 Å². The van der Waals surface area contributed by atoms with Crippen LogP contribution in [-0.2, 0) is 14.4 Å². The number of benzene rings is 1. The van der Waals surface area contributed by atoms with E-state index in [2.05, 4.69) is 5.32 Å². The molecule has 2 aliphatic rings. The molecular formula is C22H30N4O5. The highest BCUT2D eigenvalue weighted by Crippen LogP contribution is 2.32. The van der Waals surface area contributed by atoms with E-state index in [1.165, 1.54) is 11.0 Å². The van der Waals surface area contributed by atoms with Gasteiger partial charge in [-0.15, -0.1) is 0 Å². The highest BCUT2D eigenvalue weighted by molar-refractivity contribution is 6.07. The SMILES string of the molecule is Nc1cccc(C(=O)NC(=O)[C@@H]2CCCN2C(=O)[C@H](CC2CCCC2)CN(O)C=O)c1. The Balaban J connectivity index is 1.68. The predicted octanol–water partition coefficient (Wildman–Crippen LogP) is 1.56. The van der Waals surface area contributed by atoms with Crippen molar-refractivity contribution in [2.24, 2.45) is 11.8 Å². The van der Waals surface area contributed by atoms with E-state index in [0.29, 0.717) is 42.5 Å². The number of imide groups is 1. The summed E-state index contributed by atoms with van der Waals surface area (Å²) >= 11 is 0. The number of amides is 4. The van der Waals surface area contributed by atoms with Gasteiger partial charge in [0.2, 0.25) is 18.2 Å². The van der Waals surface area contributed by atoms with E-state index in [1.807, 2.05) is 0 Å². The summed E-state index contributed by atoms with van der Waals surface area (Å²) in [5, 5.41) is 12.6. The van der Waals surface area contributed by atoms with Gasteiger partial charge in [0.15, 0.2) is 0 Å². The maximum absolute atomic E-state index is 13.3. The zero-order valence-electron chi connectivity index (χ0n) is 17.5. The van der Waals surface area contributed by atoms with Crippen LogP contribution in [0.2, 0.25) is 0 Å². The van der Waals surface area contributed by atoms with Crippen molar-refractivity contribution in [2.75, 3.05) is 18.8 Å². The summed E-state index contributed by atoms with van der Waals surface area (Å²) < 4.78 is 0. The number of carbonyl (C=O) groups is 4. The molecule has 0 unspecified atom stereocenters. The average Bonchev–Trinajstić information content (AvgIpc) is 3.44. The first-order chi connectivity index (χ1) is 14.9. The molecule has 3 rings (SSSR count). The zero-order valence-corrected chi connectivity index (χ0v) is 17.5. The number of nitrogens with two attached hydrogens (primary N) is 1. The van der Waals surface area contributed by atoms with Crippen LogP contribution in [0.1, 0.15) is 55.3 Å². The summed E-state index contributed by atoms with van der Waals surface area (Å²) in [6.07, 6.45) is 6.22. The number of nitrogens with zero attached hydrogens (tertiary/aromatic N) is 2. The Morgan fingerprint density at radius 3 is 2.65 bits per heavy atom. The molecule has 1 aromatic rings. The van der Waals surface area contributed by atoms with Gasteiger partial charge in [-0.1, -0.05) is 31.7 Å². The van der Waals surface area contributed by atoms with Gasteiger partial charge in [-0.05, 0) is 43.4 Å². The van der Waals surface area contributed by atoms with Gasteiger partial charge in [0.05, 0.1) is 12.5 Å². The van der Waals surface area contributed by atoms with Crippen molar-refractivity contribution in [1.82, 2.24) is 15.3 Å². The highest BCUT2D eigenvalue weighted by Gasteiger charge is 2.39. The quantitative estimate of drug-likeness (QED) is 0.188. The molecular weight excluding hydrogens is 400 g/mol. The fourth-order valence-electron chi connectivity index (χ4n) is 4.66. The maximum Gasteiger partial charge on any atom is 0.257 e. The summed E-state index contributed by atoms with van der Waals surface area (Å²) in [4.78, 5) is 50.9. The van der Waals surface area contributed by atoms with E-state index in [0.717, 1.165) is 25.7 Å². The minimum absolute atomic E-state index is 0.105. The molecule has 1 aromatic carbocycles. The Hall–Kier alpha value is -2.94. The summed E-state index contributed by atoms with van der Waals surface area (Å²) in [5.41, 5.74) is 6.38. The molecule has 9 nitrogen and oxygen atoms in total. The first-order valence-electron chi connectivity index (χ1n) is 10.8. The molecule has 31 heavy (non-hydrogen) atoms. The van der Waals surface area contributed by atoms with E-state index in [4.69, 9.17) is 5.73 Å². The predicted molar refractivity (Wildman–Crippen MR) is 113 cm³/mol. The molecule has 0 spiro atoms. The topological polar surface area (TPSA) is 133 Å². The van der Waals surface area contributed by atoms with Crippen LogP contribution in [0.15, 0.2) is 24.3 Å². The Labute approximate surface area is 181 Å². The van der Waals surface area contributed by atoms with Crippen LogP contribution in [0.4, 0.5) is 5.69 Å². The molecule has 4 N–H and O–H groups in total. The van der Waals surface area contributed by atoms with E-state index < -0.39 is 23.8 Å². The van der Waals surface area contributed by atoms with Crippen molar-refractivity contribution in [2.45, 2.75) is 51.0 Å². The first kappa shape index (κ1) is 22.7. The van der Waals surface area contributed by atoms with Crippen LogP contribution in [0.3, 0.4) is 0 Å². The second-order valence-corrected chi connectivity index (χ2v) is 8.44. The van der Waals surface area contributed by atoms with Gasteiger partial charge in [0.25, 0.3) is 5.91 Å². The molecule has 2 fully saturated rings. The Morgan fingerprint density at radius 2 is 1.97 bits per heavy atom. The Kier molecular flexibility index (Phi) is 7.62. The minimum atomic E-state index is -0.757. The fraction of sp³-hybridized carbons (Fsp3) is 0.545. The minimum Gasteiger partial charge on any atom is -0.399 e. The highest BCUT2D eigenvalue weighted by atomic mass is 16.5. The maximum atomic E-state index is 13.3. The molecule has 1 heterocycles. The average molecular weight is 431 g/mol. The monoisotopic (exact) mass is 430 g/mol. The standard InChI is InChI=1S/C22H30N4O5/c23-18-8-3-7-16(12-18)20(28)24-21(29)19-9-4-10-26(19)22(30)17(13-25(31)14-27)11-15-5-1-2-6-15/h3,7-8,12,14-15,17,19,31H,1-2,4-6,9-11,13,23H2,(H,24,28,29)/t17-,19+/m1/s1. The van der Waals surface area contributed by atoms with Gasteiger partial charge in [0.1, 0.15) is 6.04 Å². The number of hydroxylamine groups is 2. The molecule has 0 aromatic heterocycles. The number of carbonyl (C=O) groups excluding carboxylic acids is 4. The van der Waals surface area contributed by atoms with E-state index in [1.54, 1.807) is 18.2 Å². The van der Waals surface area contributed by atoms with E-state index >= 15 is 0 Å². The third kappa shape index (κ3) is 5.81. The number of rotatable bonds is 8. The lowest BCUT2D eigenvalue weighted by Crippen LogP contribution is -2.50. The van der Waals surface area contributed by atoms with Crippen molar-refractivity contribution in [3.8, 4) is 0 Å². The van der Waals surface area contributed by atoms with Gasteiger partial charge in [-0.2, -0.15) is 0 Å². The van der Waals surface area contributed by atoms with Crippen molar-refractivity contribution >= 4 is 29.8 Å².